The molecule has 2 aromatic heterocycles. The first-order valence-corrected chi connectivity index (χ1v) is 9.32. The molecule has 0 atom stereocenters. The van der Waals surface area contributed by atoms with E-state index in [1.807, 2.05) is 79.9 Å². The Morgan fingerprint density at radius 1 is 1.00 bits per heavy atom. The second-order valence-corrected chi connectivity index (χ2v) is 7.27. The van der Waals surface area contributed by atoms with E-state index < -0.39 is 0 Å². The van der Waals surface area contributed by atoms with Gasteiger partial charge in [0.15, 0.2) is 0 Å². The van der Waals surface area contributed by atoms with Crippen molar-refractivity contribution in [3.8, 4) is 10.6 Å². The number of pyridine rings is 1. The molecule has 26 heavy (non-hydrogen) atoms. The van der Waals surface area contributed by atoms with E-state index in [2.05, 4.69) is 5.32 Å². The summed E-state index contributed by atoms with van der Waals surface area (Å²) in [5.74, 6) is -0.116. The second-order valence-electron chi connectivity index (χ2n) is 6.32. The zero-order chi connectivity index (χ0) is 18.1. The molecule has 0 saturated carbocycles. The number of rotatable bonds is 3. The summed E-state index contributed by atoms with van der Waals surface area (Å²) in [7, 11) is 0. The molecular weight excluding hydrogens is 340 g/mol. The highest BCUT2D eigenvalue weighted by Gasteiger charge is 2.15. The van der Waals surface area contributed by atoms with Crippen molar-refractivity contribution in [1.82, 2.24) is 4.98 Å². The van der Waals surface area contributed by atoms with Crippen molar-refractivity contribution >= 4 is 33.8 Å². The molecule has 0 fully saturated rings. The second kappa shape index (κ2) is 6.73. The molecule has 0 saturated heterocycles. The smallest absolute Gasteiger partial charge is 0.256 e. The van der Waals surface area contributed by atoms with Crippen LogP contribution in [0.4, 0.5) is 5.69 Å². The first-order valence-electron chi connectivity index (χ1n) is 8.44. The van der Waals surface area contributed by atoms with Crippen molar-refractivity contribution in [3.63, 3.8) is 0 Å². The number of hydrogen-bond donors (Lipinski definition) is 1. The number of carbonyl (C=O) groups excluding carboxylic acids is 1. The van der Waals surface area contributed by atoms with E-state index in [-0.39, 0.29) is 5.91 Å². The van der Waals surface area contributed by atoms with Crippen LogP contribution in [0.3, 0.4) is 0 Å². The Kier molecular flexibility index (Phi) is 4.27. The van der Waals surface area contributed by atoms with Crippen molar-refractivity contribution in [3.05, 3.63) is 82.7 Å². The van der Waals surface area contributed by atoms with Crippen molar-refractivity contribution in [1.29, 1.82) is 0 Å². The standard InChI is InChI=1S/C22H18N2OS/c1-14-9-10-15(2)19(12-14)24-22(25)17-13-20(21-8-5-11-26-21)23-18-7-4-3-6-16(17)18/h3-13H,1-2H3,(H,24,25). The van der Waals surface area contributed by atoms with Crippen LogP contribution in [0.1, 0.15) is 21.5 Å². The van der Waals surface area contributed by atoms with Crippen LogP contribution in [-0.2, 0) is 0 Å². The number of anilines is 1. The summed E-state index contributed by atoms with van der Waals surface area (Å²) in [6.07, 6.45) is 0. The lowest BCUT2D eigenvalue weighted by atomic mass is 10.1. The van der Waals surface area contributed by atoms with Gasteiger partial charge in [0.2, 0.25) is 0 Å². The fourth-order valence-corrected chi connectivity index (χ4v) is 3.66. The molecule has 128 valence electrons. The first-order chi connectivity index (χ1) is 12.6. The fourth-order valence-electron chi connectivity index (χ4n) is 2.97. The minimum Gasteiger partial charge on any atom is -0.322 e. The van der Waals surface area contributed by atoms with Crippen LogP contribution >= 0.6 is 11.3 Å². The number of carbonyl (C=O) groups is 1. The number of aryl methyl sites for hydroxylation is 2. The summed E-state index contributed by atoms with van der Waals surface area (Å²) in [5.41, 5.74) is 5.29. The van der Waals surface area contributed by atoms with Crippen molar-refractivity contribution in [2.75, 3.05) is 5.32 Å². The summed E-state index contributed by atoms with van der Waals surface area (Å²) in [5, 5.41) is 5.94. The minimum atomic E-state index is -0.116. The van der Waals surface area contributed by atoms with E-state index >= 15 is 0 Å². The van der Waals surface area contributed by atoms with Gasteiger partial charge >= 0.3 is 0 Å². The van der Waals surface area contributed by atoms with Gasteiger partial charge in [0.1, 0.15) is 0 Å². The van der Waals surface area contributed by atoms with Gasteiger partial charge in [0, 0.05) is 11.1 Å². The van der Waals surface area contributed by atoms with E-state index in [0.717, 1.165) is 38.3 Å². The first kappa shape index (κ1) is 16.5. The van der Waals surface area contributed by atoms with E-state index in [1.165, 1.54) is 0 Å². The number of fused-ring (bicyclic) bond motifs is 1. The van der Waals surface area contributed by atoms with Gasteiger partial charge in [-0.3, -0.25) is 4.79 Å². The number of nitrogens with zero attached hydrogens (tertiary/aromatic N) is 1. The van der Waals surface area contributed by atoms with Crippen LogP contribution in [0.15, 0.2) is 66.0 Å². The fraction of sp³-hybridized carbons (Fsp3) is 0.0909. The van der Waals surface area contributed by atoms with Gasteiger partial charge in [0.25, 0.3) is 5.91 Å². The average molecular weight is 358 g/mol. The zero-order valence-electron chi connectivity index (χ0n) is 14.6. The summed E-state index contributed by atoms with van der Waals surface area (Å²) in [6, 6.07) is 19.7. The van der Waals surface area contributed by atoms with Crippen molar-refractivity contribution in [2.24, 2.45) is 0 Å². The molecule has 2 heterocycles. The van der Waals surface area contributed by atoms with Crippen LogP contribution in [0.25, 0.3) is 21.5 Å². The van der Waals surface area contributed by atoms with Gasteiger partial charge in [-0.15, -0.1) is 11.3 Å². The monoisotopic (exact) mass is 358 g/mol. The number of para-hydroxylation sites is 1. The van der Waals surface area contributed by atoms with Crippen molar-refractivity contribution in [2.45, 2.75) is 13.8 Å². The third kappa shape index (κ3) is 3.11. The molecule has 1 N–H and O–H groups in total. The van der Waals surface area contributed by atoms with Gasteiger partial charge in [-0.05, 0) is 54.6 Å². The van der Waals surface area contributed by atoms with Gasteiger partial charge < -0.3 is 5.32 Å². The maximum absolute atomic E-state index is 13.1. The van der Waals surface area contributed by atoms with E-state index in [9.17, 15) is 4.79 Å². The topological polar surface area (TPSA) is 42.0 Å². The summed E-state index contributed by atoms with van der Waals surface area (Å²) in [6.45, 7) is 4.02. The SMILES string of the molecule is Cc1ccc(C)c(NC(=O)c2cc(-c3cccs3)nc3ccccc23)c1. The Morgan fingerprint density at radius 2 is 1.85 bits per heavy atom. The minimum absolute atomic E-state index is 0.116. The van der Waals surface area contributed by atoms with Gasteiger partial charge in [0.05, 0.1) is 21.7 Å². The molecule has 1 amide bonds. The Balaban J connectivity index is 1.81. The average Bonchev–Trinajstić information content (AvgIpc) is 3.18. The molecule has 0 radical (unpaired) electrons. The Morgan fingerprint density at radius 3 is 2.65 bits per heavy atom. The van der Waals surface area contributed by atoms with Gasteiger partial charge in [-0.1, -0.05) is 36.4 Å². The number of benzene rings is 2. The Hall–Kier alpha value is -2.98. The molecule has 2 aromatic carbocycles. The predicted octanol–water partition coefficient (Wildman–Crippen LogP) is 5.83. The molecule has 4 rings (SSSR count). The third-order valence-electron chi connectivity index (χ3n) is 4.38. The lowest BCUT2D eigenvalue weighted by Crippen LogP contribution is -2.14. The highest BCUT2D eigenvalue weighted by Crippen LogP contribution is 2.28. The summed E-state index contributed by atoms with van der Waals surface area (Å²) >= 11 is 1.62. The number of nitrogens with one attached hydrogen (secondary N) is 1. The summed E-state index contributed by atoms with van der Waals surface area (Å²) in [4.78, 5) is 18.9. The summed E-state index contributed by atoms with van der Waals surface area (Å²) < 4.78 is 0. The molecule has 0 aliphatic rings. The zero-order valence-corrected chi connectivity index (χ0v) is 15.4. The normalized spacial score (nSPS) is 10.8. The third-order valence-corrected chi connectivity index (χ3v) is 5.27. The van der Waals surface area contributed by atoms with Crippen molar-refractivity contribution < 1.29 is 4.79 Å². The molecule has 0 bridgehead atoms. The van der Waals surface area contributed by atoms with E-state index in [0.29, 0.717) is 5.56 Å². The quantitative estimate of drug-likeness (QED) is 0.500. The van der Waals surface area contributed by atoms with Crippen LogP contribution in [0.5, 0.6) is 0 Å². The number of thiophene rings is 1. The van der Waals surface area contributed by atoms with Crippen LogP contribution in [0, 0.1) is 13.8 Å². The van der Waals surface area contributed by atoms with Gasteiger partial charge in [-0.25, -0.2) is 4.98 Å². The number of aromatic nitrogens is 1. The lowest BCUT2D eigenvalue weighted by Gasteiger charge is -2.12. The molecule has 4 aromatic rings. The maximum atomic E-state index is 13.1. The van der Waals surface area contributed by atoms with E-state index in [4.69, 9.17) is 4.98 Å². The lowest BCUT2D eigenvalue weighted by molar-refractivity contribution is 0.102. The predicted molar refractivity (Wildman–Crippen MR) is 109 cm³/mol. The largest absolute Gasteiger partial charge is 0.322 e. The van der Waals surface area contributed by atoms with Crippen LogP contribution in [0.2, 0.25) is 0 Å². The highest BCUT2D eigenvalue weighted by atomic mass is 32.1. The molecule has 3 nitrogen and oxygen atoms in total. The van der Waals surface area contributed by atoms with E-state index in [1.54, 1.807) is 11.3 Å². The highest BCUT2D eigenvalue weighted by molar-refractivity contribution is 7.13. The molecule has 0 aliphatic heterocycles. The number of amides is 1. The van der Waals surface area contributed by atoms with Crippen LogP contribution < -0.4 is 5.32 Å². The Labute approximate surface area is 156 Å². The van der Waals surface area contributed by atoms with Crippen LogP contribution in [-0.4, -0.2) is 10.9 Å². The molecule has 4 heteroatoms. The molecule has 0 unspecified atom stereocenters. The molecule has 0 spiro atoms. The maximum Gasteiger partial charge on any atom is 0.256 e. The Bertz CT molecular complexity index is 1100. The van der Waals surface area contributed by atoms with Gasteiger partial charge in [-0.2, -0.15) is 0 Å². The molecular formula is C22H18N2OS. The molecule has 0 aliphatic carbocycles. The number of hydrogen-bond acceptors (Lipinski definition) is 3.